The SMILES string of the molecule is CN=C(NCc1cccc(CNC(=NC)NCc2ccco2)c1)NCc1ccco1. The number of guanidine groups is 2. The Labute approximate surface area is 176 Å². The van der Waals surface area contributed by atoms with Crippen LogP contribution in [0.1, 0.15) is 22.6 Å². The molecule has 8 nitrogen and oxygen atoms in total. The zero-order chi connectivity index (χ0) is 21.0. The molecule has 1 aromatic carbocycles. The number of nitrogens with one attached hydrogen (secondary N) is 4. The van der Waals surface area contributed by atoms with Gasteiger partial charge >= 0.3 is 0 Å². The van der Waals surface area contributed by atoms with Gasteiger partial charge in [0, 0.05) is 27.2 Å². The van der Waals surface area contributed by atoms with Crippen molar-refractivity contribution in [3.8, 4) is 0 Å². The summed E-state index contributed by atoms with van der Waals surface area (Å²) in [5.74, 6) is 3.16. The average molecular weight is 409 g/mol. The molecule has 158 valence electrons. The molecule has 2 aromatic heterocycles. The molecular formula is C22H28N6O2. The van der Waals surface area contributed by atoms with Crippen LogP contribution >= 0.6 is 0 Å². The van der Waals surface area contributed by atoms with Gasteiger partial charge in [-0.15, -0.1) is 0 Å². The fraction of sp³-hybridized carbons (Fsp3) is 0.273. The van der Waals surface area contributed by atoms with E-state index >= 15 is 0 Å². The van der Waals surface area contributed by atoms with Crippen LogP contribution in [0.4, 0.5) is 0 Å². The second kappa shape index (κ2) is 11.4. The Morgan fingerprint density at radius 2 is 1.13 bits per heavy atom. The van der Waals surface area contributed by atoms with Crippen molar-refractivity contribution in [1.82, 2.24) is 21.3 Å². The summed E-state index contributed by atoms with van der Waals surface area (Å²) >= 11 is 0. The Morgan fingerprint density at radius 3 is 1.53 bits per heavy atom. The number of nitrogens with zero attached hydrogens (tertiary/aromatic N) is 2. The maximum atomic E-state index is 5.33. The van der Waals surface area contributed by atoms with E-state index in [4.69, 9.17) is 8.83 Å². The largest absolute Gasteiger partial charge is 0.467 e. The van der Waals surface area contributed by atoms with Gasteiger partial charge in [0.1, 0.15) is 11.5 Å². The molecule has 0 aliphatic carbocycles. The molecule has 4 N–H and O–H groups in total. The molecule has 0 fully saturated rings. The van der Waals surface area contributed by atoms with Crippen LogP contribution < -0.4 is 21.3 Å². The third kappa shape index (κ3) is 6.73. The van der Waals surface area contributed by atoms with Gasteiger partial charge in [-0.2, -0.15) is 0 Å². The van der Waals surface area contributed by atoms with E-state index in [0.29, 0.717) is 26.2 Å². The van der Waals surface area contributed by atoms with E-state index in [-0.39, 0.29) is 0 Å². The lowest BCUT2D eigenvalue weighted by atomic mass is 10.1. The first-order valence-corrected chi connectivity index (χ1v) is 9.78. The molecule has 0 saturated heterocycles. The standard InChI is InChI=1S/C22H28N6O2/c1-23-21(27-15-19-8-4-10-29-19)25-13-17-6-3-7-18(12-17)14-26-22(24-2)28-16-20-9-5-11-30-20/h3-12H,13-16H2,1-2H3,(H2,23,25,27)(H2,24,26,28). The maximum Gasteiger partial charge on any atom is 0.191 e. The van der Waals surface area contributed by atoms with Crippen molar-refractivity contribution in [3.05, 3.63) is 83.7 Å². The van der Waals surface area contributed by atoms with Crippen LogP contribution in [0.5, 0.6) is 0 Å². The Balaban J connectivity index is 1.45. The summed E-state index contributed by atoms with van der Waals surface area (Å²) in [5, 5.41) is 13.1. The topological polar surface area (TPSA) is 99.1 Å². The lowest BCUT2D eigenvalue weighted by molar-refractivity contribution is 0.501. The molecule has 0 bridgehead atoms. The molecule has 0 radical (unpaired) electrons. The molecule has 0 unspecified atom stereocenters. The number of rotatable bonds is 8. The summed E-state index contributed by atoms with van der Waals surface area (Å²) in [6.45, 7) is 2.50. The van der Waals surface area contributed by atoms with Crippen LogP contribution in [0.25, 0.3) is 0 Å². The molecule has 30 heavy (non-hydrogen) atoms. The summed E-state index contributed by atoms with van der Waals surface area (Å²) in [6, 6.07) is 16.0. The zero-order valence-corrected chi connectivity index (χ0v) is 17.3. The van der Waals surface area contributed by atoms with E-state index in [1.165, 1.54) is 0 Å². The summed E-state index contributed by atoms with van der Waals surface area (Å²) in [5.41, 5.74) is 2.32. The molecule has 0 amide bonds. The van der Waals surface area contributed by atoms with Crippen LogP contribution in [-0.2, 0) is 26.2 Å². The Bertz CT molecular complexity index is 859. The summed E-state index contributed by atoms with van der Waals surface area (Å²) in [6.07, 6.45) is 3.32. The fourth-order valence-electron chi connectivity index (χ4n) is 2.83. The van der Waals surface area contributed by atoms with Crippen molar-refractivity contribution < 1.29 is 8.83 Å². The molecule has 3 rings (SSSR count). The van der Waals surface area contributed by atoms with Gasteiger partial charge in [-0.3, -0.25) is 9.98 Å². The number of hydrogen-bond donors (Lipinski definition) is 4. The number of benzene rings is 1. The van der Waals surface area contributed by atoms with Crippen molar-refractivity contribution >= 4 is 11.9 Å². The van der Waals surface area contributed by atoms with E-state index in [0.717, 1.165) is 34.6 Å². The van der Waals surface area contributed by atoms with E-state index in [1.54, 1.807) is 26.6 Å². The molecule has 8 heteroatoms. The van der Waals surface area contributed by atoms with Crippen LogP contribution in [0, 0.1) is 0 Å². The second-order valence-corrected chi connectivity index (χ2v) is 6.54. The highest BCUT2D eigenvalue weighted by molar-refractivity contribution is 5.80. The third-order valence-electron chi connectivity index (χ3n) is 4.38. The average Bonchev–Trinajstić information content (AvgIpc) is 3.48. The van der Waals surface area contributed by atoms with E-state index in [1.807, 2.05) is 30.3 Å². The highest BCUT2D eigenvalue weighted by Gasteiger charge is 2.03. The van der Waals surface area contributed by atoms with Gasteiger partial charge in [0.2, 0.25) is 0 Å². The first-order valence-electron chi connectivity index (χ1n) is 9.78. The molecule has 0 atom stereocenters. The second-order valence-electron chi connectivity index (χ2n) is 6.54. The highest BCUT2D eigenvalue weighted by atomic mass is 16.3. The monoisotopic (exact) mass is 408 g/mol. The minimum Gasteiger partial charge on any atom is -0.467 e. The first kappa shape index (κ1) is 21.0. The molecule has 0 aliphatic rings. The Kier molecular flexibility index (Phi) is 7.96. The zero-order valence-electron chi connectivity index (χ0n) is 17.3. The lowest BCUT2D eigenvalue weighted by Gasteiger charge is -2.13. The fourth-order valence-corrected chi connectivity index (χ4v) is 2.83. The van der Waals surface area contributed by atoms with Gasteiger partial charge in [0.25, 0.3) is 0 Å². The lowest BCUT2D eigenvalue weighted by Crippen LogP contribution is -2.36. The van der Waals surface area contributed by atoms with Crippen molar-refractivity contribution in [2.75, 3.05) is 14.1 Å². The molecule has 0 aliphatic heterocycles. The summed E-state index contributed by atoms with van der Waals surface area (Å²) in [7, 11) is 3.50. The van der Waals surface area contributed by atoms with Crippen molar-refractivity contribution in [2.45, 2.75) is 26.2 Å². The highest BCUT2D eigenvalue weighted by Crippen LogP contribution is 2.05. The predicted octanol–water partition coefficient (Wildman–Crippen LogP) is 2.60. The van der Waals surface area contributed by atoms with Crippen LogP contribution in [0.15, 0.2) is 79.9 Å². The molecule has 3 aromatic rings. The minimum atomic E-state index is 0.584. The van der Waals surface area contributed by atoms with Gasteiger partial charge in [-0.25, -0.2) is 0 Å². The Hall–Kier alpha value is -3.68. The third-order valence-corrected chi connectivity index (χ3v) is 4.38. The summed E-state index contributed by atoms with van der Waals surface area (Å²) in [4.78, 5) is 8.49. The molecule has 0 saturated carbocycles. The number of aliphatic imine (C=N–C) groups is 2. The van der Waals surface area contributed by atoms with Gasteiger partial charge in [0.15, 0.2) is 11.9 Å². The van der Waals surface area contributed by atoms with Gasteiger partial charge in [0.05, 0.1) is 25.6 Å². The van der Waals surface area contributed by atoms with Gasteiger partial charge in [-0.1, -0.05) is 24.3 Å². The molecule has 0 spiro atoms. The quantitative estimate of drug-likeness (QED) is 0.338. The first-order chi connectivity index (χ1) is 14.8. The van der Waals surface area contributed by atoms with Crippen LogP contribution in [-0.4, -0.2) is 26.0 Å². The number of hydrogen-bond acceptors (Lipinski definition) is 4. The smallest absolute Gasteiger partial charge is 0.191 e. The predicted molar refractivity (Wildman–Crippen MR) is 118 cm³/mol. The van der Waals surface area contributed by atoms with Gasteiger partial charge in [-0.05, 0) is 35.4 Å². The minimum absolute atomic E-state index is 0.584. The van der Waals surface area contributed by atoms with Crippen molar-refractivity contribution in [3.63, 3.8) is 0 Å². The van der Waals surface area contributed by atoms with Gasteiger partial charge < -0.3 is 30.1 Å². The van der Waals surface area contributed by atoms with Crippen LogP contribution in [0.3, 0.4) is 0 Å². The number of furan rings is 2. The van der Waals surface area contributed by atoms with E-state index in [2.05, 4.69) is 49.5 Å². The van der Waals surface area contributed by atoms with Crippen molar-refractivity contribution in [1.29, 1.82) is 0 Å². The molecular weight excluding hydrogens is 380 g/mol. The summed E-state index contributed by atoms with van der Waals surface area (Å²) < 4.78 is 10.7. The van der Waals surface area contributed by atoms with Crippen LogP contribution in [0.2, 0.25) is 0 Å². The van der Waals surface area contributed by atoms with E-state index < -0.39 is 0 Å². The normalized spacial score (nSPS) is 11.9. The van der Waals surface area contributed by atoms with E-state index in [9.17, 15) is 0 Å². The Morgan fingerprint density at radius 1 is 0.667 bits per heavy atom. The molecule has 2 heterocycles. The van der Waals surface area contributed by atoms with Crippen molar-refractivity contribution in [2.24, 2.45) is 9.98 Å². The maximum absolute atomic E-state index is 5.33.